The Hall–Kier alpha value is -0.240. The first-order valence-electron chi connectivity index (χ1n) is 5.97. The molecule has 0 heterocycles. The molecule has 0 aliphatic rings. The number of rotatable bonds is 5. The predicted molar refractivity (Wildman–Crippen MR) is 77.0 cm³/mol. The lowest BCUT2D eigenvalue weighted by Gasteiger charge is -2.34. The van der Waals surface area contributed by atoms with Gasteiger partial charge in [0.1, 0.15) is 0 Å². The highest BCUT2D eigenvalue weighted by molar-refractivity contribution is 6.33. The maximum atomic E-state index is 6.23. The summed E-state index contributed by atoms with van der Waals surface area (Å²) in [6, 6.07) is 5.68. The number of nitrogens with one attached hydrogen (secondary N) is 1. The lowest BCUT2D eigenvalue weighted by molar-refractivity contribution is 0.212. The first-order chi connectivity index (χ1) is 7.89. The van der Waals surface area contributed by atoms with Gasteiger partial charge < -0.3 is 5.32 Å². The fraction of sp³-hybridized carbons (Fsp3) is 0.571. The predicted octanol–water partition coefficient (Wildman–Crippen LogP) is 4.42. The molecular weight excluding hydrogens is 253 g/mol. The van der Waals surface area contributed by atoms with E-state index in [4.69, 9.17) is 23.2 Å². The normalized spacial score (nSPS) is 15.0. The molecule has 17 heavy (non-hydrogen) atoms. The van der Waals surface area contributed by atoms with Crippen molar-refractivity contribution in [2.45, 2.75) is 27.2 Å². The molecule has 1 aromatic rings. The second-order valence-electron chi connectivity index (χ2n) is 5.25. The zero-order valence-electron chi connectivity index (χ0n) is 11.0. The molecule has 1 N–H and O–H groups in total. The van der Waals surface area contributed by atoms with E-state index < -0.39 is 0 Å². The first-order valence-corrected chi connectivity index (χ1v) is 6.73. The van der Waals surface area contributed by atoms with Gasteiger partial charge in [0.05, 0.1) is 0 Å². The molecule has 0 saturated carbocycles. The van der Waals surface area contributed by atoms with Crippen LogP contribution in [0.1, 0.15) is 26.3 Å². The quantitative estimate of drug-likeness (QED) is 0.838. The third-order valence-corrected chi connectivity index (χ3v) is 4.18. The van der Waals surface area contributed by atoms with Gasteiger partial charge in [-0.2, -0.15) is 0 Å². The minimum absolute atomic E-state index is 0.184. The number of hydrogen-bond acceptors (Lipinski definition) is 1. The van der Waals surface area contributed by atoms with Gasteiger partial charge in [-0.3, -0.25) is 0 Å². The lowest BCUT2D eigenvalue weighted by Crippen LogP contribution is -2.36. The van der Waals surface area contributed by atoms with Crippen molar-refractivity contribution in [1.29, 1.82) is 0 Å². The summed E-state index contributed by atoms with van der Waals surface area (Å²) in [6.07, 6.45) is 0.935. The van der Waals surface area contributed by atoms with E-state index in [1.807, 2.05) is 25.2 Å². The topological polar surface area (TPSA) is 12.0 Å². The fourth-order valence-electron chi connectivity index (χ4n) is 1.99. The SMILES string of the molecule is CNCC(C)(Cc1cc(Cl)ccc1Cl)C(C)C. The van der Waals surface area contributed by atoms with Crippen molar-refractivity contribution < 1.29 is 0 Å². The van der Waals surface area contributed by atoms with E-state index in [9.17, 15) is 0 Å². The number of benzene rings is 1. The Kier molecular flexibility index (Phi) is 5.30. The summed E-state index contributed by atoms with van der Waals surface area (Å²) in [5, 5.41) is 4.82. The summed E-state index contributed by atoms with van der Waals surface area (Å²) < 4.78 is 0. The third-order valence-electron chi connectivity index (χ3n) is 3.58. The molecule has 0 bridgehead atoms. The molecule has 0 aromatic heterocycles. The molecule has 1 aromatic carbocycles. The van der Waals surface area contributed by atoms with Crippen molar-refractivity contribution in [2.75, 3.05) is 13.6 Å². The van der Waals surface area contributed by atoms with Crippen LogP contribution in [0.25, 0.3) is 0 Å². The van der Waals surface area contributed by atoms with E-state index >= 15 is 0 Å². The van der Waals surface area contributed by atoms with E-state index in [2.05, 4.69) is 26.1 Å². The minimum Gasteiger partial charge on any atom is -0.319 e. The molecular formula is C14H21Cl2N. The molecule has 1 nitrogen and oxygen atoms in total. The van der Waals surface area contributed by atoms with Gasteiger partial charge >= 0.3 is 0 Å². The lowest BCUT2D eigenvalue weighted by atomic mass is 9.74. The Labute approximate surface area is 115 Å². The molecule has 96 valence electrons. The van der Waals surface area contributed by atoms with Crippen molar-refractivity contribution >= 4 is 23.2 Å². The molecule has 0 saturated heterocycles. The van der Waals surface area contributed by atoms with E-state index in [0.717, 1.165) is 28.6 Å². The van der Waals surface area contributed by atoms with Crippen molar-refractivity contribution in [3.8, 4) is 0 Å². The molecule has 3 heteroatoms. The van der Waals surface area contributed by atoms with Crippen molar-refractivity contribution in [3.63, 3.8) is 0 Å². The Bertz CT molecular complexity index is 376. The second-order valence-corrected chi connectivity index (χ2v) is 6.10. The summed E-state index contributed by atoms with van der Waals surface area (Å²) in [5.41, 5.74) is 1.31. The van der Waals surface area contributed by atoms with Crippen LogP contribution in [-0.4, -0.2) is 13.6 Å². The Balaban J connectivity index is 2.97. The van der Waals surface area contributed by atoms with E-state index in [-0.39, 0.29) is 5.41 Å². The van der Waals surface area contributed by atoms with Crippen LogP contribution in [-0.2, 0) is 6.42 Å². The highest BCUT2D eigenvalue weighted by Crippen LogP contribution is 2.34. The first kappa shape index (κ1) is 14.8. The zero-order chi connectivity index (χ0) is 13.1. The fourth-order valence-corrected chi connectivity index (χ4v) is 2.37. The average molecular weight is 274 g/mol. The maximum Gasteiger partial charge on any atom is 0.0439 e. The molecule has 1 atom stereocenters. The van der Waals surface area contributed by atoms with Crippen LogP contribution >= 0.6 is 23.2 Å². The van der Waals surface area contributed by atoms with Gasteiger partial charge in [0.25, 0.3) is 0 Å². The van der Waals surface area contributed by atoms with Gasteiger partial charge in [0.15, 0.2) is 0 Å². The van der Waals surface area contributed by atoms with Gasteiger partial charge in [-0.25, -0.2) is 0 Å². The summed E-state index contributed by atoms with van der Waals surface area (Å²) in [7, 11) is 1.99. The highest BCUT2D eigenvalue weighted by atomic mass is 35.5. The van der Waals surface area contributed by atoms with E-state index in [1.54, 1.807) is 0 Å². The summed E-state index contributed by atoms with van der Waals surface area (Å²) in [6.45, 7) is 7.74. The van der Waals surface area contributed by atoms with Crippen LogP contribution in [0.3, 0.4) is 0 Å². The third kappa shape index (κ3) is 3.87. The Morgan fingerprint density at radius 3 is 2.47 bits per heavy atom. The second kappa shape index (κ2) is 6.08. The van der Waals surface area contributed by atoms with Crippen molar-refractivity contribution in [2.24, 2.45) is 11.3 Å². The standard InChI is InChI=1S/C14H21Cl2N/c1-10(2)14(3,9-17-4)8-11-7-12(15)5-6-13(11)16/h5-7,10,17H,8-9H2,1-4H3. The molecule has 0 spiro atoms. The van der Waals surface area contributed by atoms with Crippen LogP contribution in [0.4, 0.5) is 0 Å². The largest absolute Gasteiger partial charge is 0.319 e. The van der Waals surface area contributed by atoms with Gasteiger partial charge in [-0.05, 0) is 48.6 Å². The van der Waals surface area contributed by atoms with Crippen molar-refractivity contribution in [1.82, 2.24) is 5.32 Å². The van der Waals surface area contributed by atoms with Crippen LogP contribution in [0, 0.1) is 11.3 Å². The summed E-state index contributed by atoms with van der Waals surface area (Å²) in [4.78, 5) is 0. The monoisotopic (exact) mass is 273 g/mol. The highest BCUT2D eigenvalue weighted by Gasteiger charge is 2.28. The summed E-state index contributed by atoms with van der Waals surface area (Å²) in [5.74, 6) is 0.574. The van der Waals surface area contributed by atoms with Crippen LogP contribution in [0.2, 0.25) is 10.0 Å². The number of halogens is 2. The Morgan fingerprint density at radius 1 is 1.29 bits per heavy atom. The molecule has 0 aliphatic heterocycles. The van der Waals surface area contributed by atoms with Crippen molar-refractivity contribution in [3.05, 3.63) is 33.8 Å². The van der Waals surface area contributed by atoms with Crippen LogP contribution < -0.4 is 5.32 Å². The molecule has 1 rings (SSSR count). The number of hydrogen-bond donors (Lipinski definition) is 1. The average Bonchev–Trinajstić information content (AvgIpc) is 2.23. The van der Waals surface area contributed by atoms with Crippen LogP contribution in [0.15, 0.2) is 18.2 Å². The zero-order valence-corrected chi connectivity index (χ0v) is 12.5. The molecule has 0 radical (unpaired) electrons. The van der Waals surface area contributed by atoms with E-state index in [0.29, 0.717) is 5.92 Å². The maximum absolute atomic E-state index is 6.23. The molecule has 0 fully saturated rings. The van der Waals surface area contributed by atoms with Crippen LogP contribution in [0.5, 0.6) is 0 Å². The molecule has 0 aliphatic carbocycles. The van der Waals surface area contributed by atoms with E-state index in [1.165, 1.54) is 0 Å². The van der Waals surface area contributed by atoms with Gasteiger partial charge in [0, 0.05) is 16.6 Å². The Morgan fingerprint density at radius 2 is 1.94 bits per heavy atom. The van der Waals surface area contributed by atoms with Gasteiger partial charge in [-0.1, -0.05) is 44.0 Å². The molecule has 0 amide bonds. The van der Waals surface area contributed by atoms with Gasteiger partial charge in [-0.15, -0.1) is 0 Å². The van der Waals surface area contributed by atoms with Gasteiger partial charge in [0.2, 0.25) is 0 Å². The minimum atomic E-state index is 0.184. The molecule has 1 unspecified atom stereocenters. The summed E-state index contributed by atoms with van der Waals surface area (Å²) >= 11 is 12.3. The smallest absolute Gasteiger partial charge is 0.0439 e.